The Morgan fingerprint density at radius 1 is 1.00 bits per heavy atom. The molecule has 2 aromatic carbocycles. The van der Waals surface area contributed by atoms with Gasteiger partial charge in [-0.1, -0.05) is 48.5 Å². The normalized spacial score (nSPS) is 23.7. The smallest absolute Gasteiger partial charge is 0.230 e. The number of carbonyl (C=O) groups excluding carboxylic acids is 1. The minimum atomic E-state index is -0.291. The molecule has 3 heteroatoms. The van der Waals surface area contributed by atoms with E-state index in [9.17, 15) is 4.79 Å². The van der Waals surface area contributed by atoms with Crippen molar-refractivity contribution in [2.45, 2.75) is 31.2 Å². The van der Waals surface area contributed by atoms with Crippen molar-refractivity contribution in [3.8, 4) is 0 Å². The molecule has 0 bridgehead atoms. The van der Waals surface area contributed by atoms with E-state index in [4.69, 9.17) is 0 Å². The lowest BCUT2D eigenvalue weighted by Crippen LogP contribution is -2.58. The molecule has 0 aromatic heterocycles. The maximum Gasteiger partial charge on any atom is 0.230 e. The number of para-hydroxylation sites is 1. The molecule has 24 heavy (non-hydrogen) atoms. The molecule has 3 nitrogen and oxygen atoms in total. The van der Waals surface area contributed by atoms with Crippen LogP contribution in [-0.2, 0) is 10.3 Å². The van der Waals surface area contributed by atoms with E-state index in [1.165, 1.54) is 5.56 Å². The monoisotopic (exact) mass is 320 g/mol. The molecule has 2 aliphatic rings. The quantitative estimate of drug-likeness (QED) is 0.931. The van der Waals surface area contributed by atoms with Crippen LogP contribution in [0.1, 0.15) is 31.2 Å². The van der Waals surface area contributed by atoms with Gasteiger partial charge in [-0.3, -0.25) is 4.79 Å². The van der Waals surface area contributed by atoms with Crippen molar-refractivity contribution in [1.82, 2.24) is 5.32 Å². The van der Waals surface area contributed by atoms with Gasteiger partial charge >= 0.3 is 0 Å². The standard InChI is InChI=1S/C21H24N2O/c24-20(17-12-13-17)23(19-10-5-2-6-11-19)21(14-7-15-22-16-21)18-8-3-1-4-9-18/h1-6,8-11,17,22H,7,12-16H2/t21-/m1/s1. The molecule has 1 aliphatic carbocycles. The molecule has 0 unspecified atom stereocenters. The van der Waals surface area contributed by atoms with Crippen LogP contribution in [0.5, 0.6) is 0 Å². The second-order valence-electron chi connectivity index (χ2n) is 6.96. The van der Waals surface area contributed by atoms with Gasteiger partial charge in [-0.2, -0.15) is 0 Å². The molecule has 124 valence electrons. The fourth-order valence-electron chi connectivity index (χ4n) is 3.88. The SMILES string of the molecule is O=C(C1CC1)N(c1ccccc1)[C@]1(c2ccccc2)CCCNC1. The zero-order valence-corrected chi connectivity index (χ0v) is 13.9. The molecule has 1 amide bonds. The molecule has 2 fully saturated rings. The highest BCUT2D eigenvalue weighted by Gasteiger charge is 2.46. The predicted octanol–water partition coefficient (Wildman–Crippen LogP) is 3.71. The first-order chi connectivity index (χ1) is 11.8. The Labute approximate surface area is 143 Å². The summed E-state index contributed by atoms with van der Waals surface area (Å²) in [6.07, 6.45) is 4.13. The highest BCUT2D eigenvalue weighted by Crippen LogP contribution is 2.42. The van der Waals surface area contributed by atoms with E-state index >= 15 is 0 Å². The van der Waals surface area contributed by atoms with E-state index in [2.05, 4.69) is 46.6 Å². The van der Waals surface area contributed by atoms with Gasteiger partial charge in [0.25, 0.3) is 0 Å². The third kappa shape index (κ3) is 2.73. The zero-order chi connectivity index (χ0) is 16.4. The van der Waals surface area contributed by atoms with Gasteiger partial charge in [0.05, 0.1) is 5.54 Å². The van der Waals surface area contributed by atoms with E-state index in [0.717, 1.165) is 44.5 Å². The number of piperidine rings is 1. The molecule has 1 N–H and O–H groups in total. The largest absolute Gasteiger partial charge is 0.314 e. The maximum atomic E-state index is 13.3. The van der Waals surface area contributed by atoms with Crippen LogP contribution in [0.25, 0.3) is 0 Å². The van der Waals surface area contributed by atoms with Crippen LogP contribution < -0.4 is 10.2 Å². The van der Waals surface area contributed by atoms with Crippen molar-refractivity contribution >= 4 is 11.6 Å². The number of hydrogen-bond donors (Lipinski definition) is 1. The fraction of sp³-hybridized carbons (Fsp3) is 0.381. The summed E-state index contributed by atoms with van der Waals surface area (Å²) in [6, 6.07) is 20.7. The van der Waals surface area contributed by atoms with Crippen LogP contribution in [0.15, 0.2) is 60.7 Å². The molecule has 0 spiro atoms. The van der Waals surface area contributed by atoms with Crippen LogP contribution in [0.2, 0.25) is 0 Å². The van der Waals surface area contributed by atoms with E-state index in [1.54, 1.807) is 0 Å². The Kier molecular flexibility index (Phi) is 4.11. The Balaban J connectivity index is 1.84. The fourth-order valence-corrected chi connectivity index (χ4v) is 3.88. The summed E-state index contributed by atoms with van der Waals surface area (Å²) >= 11 is 0. The van der Waals surface area contributed by atoms with Gasteiger partial charge in [0.2, 0.25) is 5.91 Å². The van der Waals surface area contributed by atoms with Crippen LogP contribution in [0.3, 0.4) is 0 Å². The van der Waals surface area contributed by atoms with Crippen LogP contribution in [0.4, 0.5) is 5.69 Å². The van der Waals surface area contributed by atoms with E-state index in [1.807, 2.05) is 24.3 Å². The number of benzene rings is 2. The summed E-state index contributed by atoms with van der Waals surface area (Å²) in [5.74, 6) is 0.487. The van der Waals surface area contributed by atoms with Crippen molar-refractivity contribution in [3.05, 3.63) is 66.2 Å². The molecule has 1 aliphatic heterocycles. The van der Waals surface area contributed by atoms with Crippen LogP contribution in [0, 0.1) is 5.92 Å². The average molecular weight is 320 g/mol. The highest BCUT2D eigenvalue weighted by molar-refractivity contribution is 5.98. The molecule has 2 aromatic rings. The molecule has 4 rings (SSSR count). The maximum absolute atomic E-state index is 13.3. The molecule has 1 saturated carbocycles. The number of hydrogen-bond acceptors (Lipinski definition) is 2. The summed E-state index contributed by atoms with van der Waals surface area (Å²) in [4.78, 5) is 15.4. The van der Waals surface area contributed by atoms with Gasteiger partial charge in [-0.05, 0) is 49.9 Å². The van der Waals surface area contributed by atoms with E-state index in [0.29, 0.717) is 0 Å². The summed E-state index contributed by atoms with van der Waals surface area (Å²) in [6.45, 7) is 1.83. The van der Waals surface area contributed by atoms with Gasteiger partial charge < -0.3 is 10.2 Å². The lowest BCUT2D eigenvalue weighted by atomic mass is 9.80. The molecule has 1 saturated heterocycles. The number of nitrogens with zero attached hydrogens (tertiary/aromatic N) is 1. The van der Waals surface area contributed by atoms with Gasteiger partial charge in [0.1, 0.15) is 0 Å². The summed E-state index contributed by atoms with van der Waals surface area (Å²) in [7, 11) is 0. The number of nitrogens with one attached hydrogen (secondary N) is 1. The van der Waals surface area contributed by atoms with Crippen molar-refractivity contribution < 1.29 is 4.79 Å². The zero-order valence-electron chi connectivity index (χ0n) is 13.9. The van der Waals surface area contributed by atoms with Crippen LogP contribution >= 0.6 is 0 Å². The first-order valence-electron chi connectivity index (χ1n) is 8.97. The molecular formula is C21H24N2O. The Bertz CT molecular complexity index is 688. The lowest BCUT2D eigenvalue weighted by molar-refractivity contribution is -0.121. The lowest BCUT2D eigenvalue weighted by Gasteiger charge is -2.47. The number of rotatable bonds is 4. The average Bonchev–Trinajstić information content (AvgIpc) is 3.49. The van der Waals surface area contributed by atoms with E-state index in [-0.39, 0.29) is 17.4 Å². The first kappa shape index (κ1) is 15.4. The highest BCUT2D eigenvalue weighted by atomic mass is 16.2. The Hall–Kier alpha value is -2.13. The van der Waals surface area contributed by atoms with Gasteiger partial charge in [-0.25, -0.2) is 0 Å². The summed E-state index contributed by atoms with van der Waals surface area (Å²) in [5.41, 5.74) is 1.96. The van der Waals surface area contributed by atoms with Gasteiger partial charge in [0.15, 0.2) is 0 Å². The molecule has 0 radical (unpaired) electrons. The van der Waals surface area contributed by atoms with Gasteiger partial charge in [0, 0.05) is 18.2 Å². The minimum absolute atomic E-state index is 0.202. The number of carbonyl (C=O) groups is 1. The molecular weight excluding hydrogens is 296 g/mol. The molecule has 1 atom stereocenters. The molecule has 1 heterocycles. The first-order valence-corrected chi connectivity index (χ1v) is 8.97. The van der Waals surface area contributed by atoms with Gasteiger partial charge in [-0.15, -0.1) is 0 Å². The second kappa shape index (κ2) is 6.40. The Morgan fingerprint density at radius 3 is 2.25 bits per heavy atom. The van der Waals surface area contributed by atoms with Crippen molar-refractivity contribution in [1.29, 1.82) is 0 Å². The predicted molar refractivity (Wildman–Crippen MR) is 96.9 cm³/mol. The third-order valence-electron chi connectivity index (χ3n) is 5.26. The minimum Gasteiger partial charge on any atom is -0.314 e. The third-order valence-corrected chi connectivity index (χ3v) is 5.26. The van der Waals surface area contributed by atoms with Crippen molar-refractivity contribution in [2.24, 2.45) is 5.92 Å². The van der Waals surface area contributed by atoms with Crippen molar-refractivity contribution in [3.63, 3.8) is 0 Å². The summed E-state index contributed by atoms with van der Waals surface area (Å²) in [5, 5.41) is 3.54. The van der Waals surface area contributed by atoms with E-state index < -0.39 is 0 Å². The summed E-state index contributed by atoms with van der Waals surface area (Å²) < 4.78 is 0. The topological polar surface area (TPSA) is 32.3 Å². The van der Waals surface area contributed by atoms with Crippen LogP contribution in [-0.4, -0.2) is 19.0 Å². The second-order valence-corrected chi connectivity index (χ2v) is 6.96. The Morgan fingerprint density at radius 2 is 1.67 bits per heavy atom. The van der Waals surface area contributed by atoms with Crippen molar-refractivity contribution in [2.75, 3.05) is 18.0 Å². The number of amides is 1. The number of anilines is 1.